The molecule has 0 fully saturated rings. The summed E-state index contributed by atoms with van der Waals surface area (Å²) < 4.78 is 44.0. The molecule has 0 saturated carbocycles. The second-order valence-corrected chi connectivity index (χ2v) is 3.99. The van der Waals surface area contributed by atoms with Crippen LogP contribution in [0.4, 0.5) is 13.2 Å². The zero-order valence-electron chi connectivity index (χ0n) is 9.60. The number of hydrogen-bond donors (Lipinski definition) is 1. The zero-order valence-corrected chi connectivity index (χ0v) is 9.60. The van der Waals surface area contributed by atoms with Crippen LogP contribution >= 0.6 is 0 Å². The van der Waals surface area contributed by atoms with Gasteiger partial charge in [0.25, 0.3) is 0 Å². The van der Waals surface area contributed by atoms with Crippen molar-refractivity contribution in [2.75, 3.05) is 0 Å². The number of carboxylic acid groups (broad SMARTS) is 1. The largest absolute Gasteiger partial charge is 0.474 e. The number of pyridine rings is 1. The minimum absolute atomic E-state index is 0.0719. The highest BCUT2D eigenvalue weighted by Gasteiger charge is 2.34. The van der Waals surface area contributed by atoms with E-state index in [2.05, 4.69) is 9.97 Å². The molecular weight excluding hydrogens is 277 g/mol. The Labute approximate surface area is 108 Å². The van der Waals surface area contributed by atoms with Gasteiger partial charge < -0.3 is 9.52 Å². The monoisotopic (exact) mass is 282 g/mol. The third-order valence-electron chi connectivity index (χ3n) is 2.74. The third-order valence-corrected chi connectivity index (χ3v) is 2.74. The molecule has 0 aliphatic carbocycles. The molecule has 0 amide bonds. The molecule has 0 aliphatic heterocycles. The van der Waals surface area contributed by atoms with Gasteiger partial charge in [0, 0.05) is 11.6 Å². The van der Waals surface area contributed by atoms with Crippen LogP contribution in [0.15, 0.2) is 28.8 Å². The molecule has 2 aromatic heterocycles. The minimum Gasteiger partial charge on any atom is -0.474 e. The Morgan fingerprint density at radius 3 is 2.75 bits per heavy atom. The summed E-state index contributed by atoms with van der Waals surface area (Å²) in [4.78, 5) is 18.1. The highest BCUT2D eigenvalue weighted by atomic mass is 19.4. The number of carboxylic acids is 1. The third kappa shape index (κ3) is 1.77. The smallest absolute Gasteiger partial charge is 0.417 e. The lowest BCUT2D eigenvalue weighted by molar-refractivity contribution is -0.136. The lowest BCUT2D eigenvalue weighted by Crippen LogP contribution is -2.06. The van der Waals surface area contributed by atoms with Crippen molar-refractivity contribution in [3.8, 4) is 0 Å². The van der Waals surface area contributed by atoms with Crippen LogP contribution in [0.5, 0.6) is 0 Å². The Kier molecular flexibility index (Phi) is 2.43. The molecule has 0 radical (unpaired) electrons. The first-order valence-electron chi connectivity index (χ1n) is 5.36. The second-order valence-electron chi connectivity index (χ2n) is 3.99. The first-order chi connectivity index (χ1) is 9.38. The van der Waals surface area contributed by atoms with Crippen LogP contribution in [0.3, 0.4) is 0 Å². The molecule has 3 aromatic rings. The van der Waals surface area contributed by atoms with Crippen LogP contribution in [0, 0.1) is 0 Å². The van der Waals surface area contributed by atoms with Crippen LogP contribution in [0.1, 0.15) is 16.2 Å². The molecule has 102 valence electrons. The van der Waals surface area contributed by atoms with E-state index >= 15 is 0 Å². The number of oxazole rings is 1. The van der Waals surface area contributed by atoms with E-state index in [0.717, 1.165) is 6.07 Å². The van der Waals surface area contributed by atoms with E-state index in [1.165, 1.54) is 18.3 Å². The van der Waals surface area contributed by atoms with E-state index in [1.807, 2.05) is 0 Å². The van der Waals surface area contributed by atoms with Crippen molar-refractivity contribution < 1.29 is 27.5 Å². The highest BCUT2D eigenvalue weighted by Crippen LogP contribution is 2.37. The number of halogens is 3. The number of alkyl halides is 3. The summed E-state index contributed by atoms with van der Waals surface area (Å²) in [5, 5.41) is 8.62. The van der Waals surface area contributed by atoms with Crippen molar-refractivity contribution in [2.24, 2.45) is 0 Å². The highest BCUT2D eigenvalue weighted by molar-refractivity contribution is 6.03. The topological polar surface area (TPSA) is 76.2 Å². The SMILES string of the molecule is O=C(O)c1nc2cc(C(F)(F)F)c3cccnc3c2o1. The van der Waals surface area contributed by atoms with E-state index in [9.17, 15) is 18.0 Å². The molecule has 0 unspecified atom stereocenters. The number of benzene rings is 1. The lowest BCUT2D eigenvalue weighted by atomic mass is 10.1. The van der Waals surface area contributed by atoms with Gasteiger partial charge >= 0.3 is 18.0 Å². The van der Waals surface area contributed by atoms with Crippen molar-refractivity contribution in [2.45, 2.75) is 6.18 Å². The summed E-state index contributed by atoms with van der Waals surface area (Å²) in [7, 11) is 0. The zero-order chi connectivity index (χ0) is 14.5. The van der Waals surface area contributed by atoms with Gasteiger partial charge in [0.1, 0.15) is 11.0 Å². The van der Waals surface area contributed by atoms with Crippen molar-refractivity contribution in [1.29, 1.82) is 0 Å². The summed E-state index contributed by atoms with van der Waals surface area (Å²) in [5.74, 6) is -2.13. The number of nitrogens with zero attached hydrogens (tertiary/aromatic N) is 2. The maximum atomic E-state index is 13.0. The van der Waals surface area contributed by atoms with Gasteiger partial charge in [-0.25, -0.2) is 9.78 Å². The molecule has 0 spiro atoms. The van der Waals surface area contributed by atoms with Crippen LogP contribution in [-0.2, 0) is 6.18 Å². The van der Waals surface area contributed by atoms with Crippen molar-refractivity contribution in [3.05, 3.63) is 35.9 Å². The van der Waals surface area contributed by atoms with Gasteiger partial charge in [0.2, 0.25) is 0 Å². The second kappa shape index (κ2) is 3.92. The number of hydrogen-bond acceptors (Lipinski definition) is 4. The van der Waals surface area contributed by atoms with E-state index < -0.39 is 23.6 Å². The van der Waals surface area contributed by atoms with Gasteiger partial charge in [0.15, 0.2) is 5.58 Å². The molecule has 1 aromatic carbocycles. The quantitative estimate of drug-likeness (QED) is 0.742. The number of fused-ring (bicyclic) bond motifs is 3. The number of aromatic nitrogens is 2. The van der Waals surface area contributed by atoms with Gasteiger partial charge in [-0.3, -0.25) is 4.98 Å². The van der Waals surface area contributed by atoms with Gasteiger partial charge in [0.05, 0.1) is 5.56 Å². The fourth-order valence-corrected chi connectivity index (χ4v) is 1.94. The molecule has 5 nitrogen and oxygen atoms in total. The number of aromatic carboxylic acids is 1. The Morgan fingerprint density at radius 1 is 1.35 bits per heavy atom. The van der Waals surface area contributed by atoms with E-state index in [4.69, 9.17) is 9.52 Å². The Balaban J connectivity index is 2.48. The fourth-order valence-electron chi connectivity index (χ4n) is 1.94. The average molecular weight is 282 g/mol. The van der Waals surface area contributed by atoms with Crippen molar-refractivity contribution >= 4 is 28.0 Å². The minimum atomic E-state index is -4.60. The summed E-state index contributed by atoms with van der Waals surface area (Å²) in [5.41, 5.74) is -1.28. The predicted molar refractivity (Wildman–Crippen MR) is 61.3 cm³/mol. The van der Waals surface area contributed by atoms with E-state index in [0.29, 0.717) is 0 Å². The first kappa shape index (κ1) is 12.4. The molecule has 20 heavy (non-hydrogen) atoms. The van der Waals surface area contributed by atoms with Crippen molar-refractivity contribution in [3.63, 3.8) is 0 Å². The standard InChI is InChI=1S/C12H5F3N2O3/c13-12(14,15)6-4-7-9(20-10(17-7)11(18)19)8-5(6)2-1-3-16-8/h1-4H,(H,18,19). The van der Waals surface area contributed by atoms with Crippen LogP contribution in [0.25, 0.3) is 22.0 Å². The molecule has 8 heteroatoms. The fraction of sp³-hybridized carbons (Fsp3) is 0.0833. The number of carbonyl (C=O) groups is 1. The van der Waals surface area contributed by atoms with Gasteiger partial charge in [-0.05, 0) is 12.1 Å². The summed E-state index contributed by atoms with van der Waals surface area (Å²) in [6.45, 7) is 0. The first-order valence-corrected chi connectivity index (χ1v) is 5.36. The molecule has 2 heterocycles. The predicted octanol–water partition coefficient (Wildman–Crippen LogP) is 3.09. The van der Waals surface area contributed by atoms with E-state index in [-0.39, 0.29) is 22.0 Å². The summed E-state index contributed by atoms with van der Waals surface area (Å²) >= 11 is 0. The van der Waals surface area contributed by atoms with Crippen LogP contribution in [-0.4, -0.2) is 21.0 Å². The average Bonchev–Trinajstić information content (AvgIpc) is 2.81. The maximum absolute atomic E-state index is 13.0. The molecule has 1 N–H and O–H groups in total. The van der Waals surface area contributed by atoms with Gasteiger partial charge in [-0.15, -0.1) is 0 Å². The van der Waals surface area contributed by atoms with Gasteiger partial charge in [-0.2, -0.15) is 13.2 Å². The Morgan fingerprint density at radius 2 is 2.10 bits per heavy atom. The lowest BCUT2D eigenvalue weighted by Gasteiger charge is -2.09. The van der Waals surface area contributed by atoms with Gasteiger partial charge in [-0.1, -0.05) is 6.07 Å². The molecule has 0 atom stereocenters. The maximum Gasteiger partial charge on any atom is 0.417 e. The Hall–Kier alpha value is -2.64. The summed E-state index contributed by atoms with van der Waals surface area (Å²) in [6, 6.07) is 3.36. The summed E-state index contributed by atoms with van der Waals surface area (Å²) in [6.07, 6.45) is -3.30. The van der Waals surface area contributed by atoms with Crippen molar-refractivity contribution in [1.82, 2.24) is 9.97 Å². The van der Waals surface area contributed by atoms with Crippen LogP contribution < -0.4 is 0 Å². The molecule has 0 aliphatic rings. The van der Waals surface area contributed by atoms with Crippen LogP contribution in [0.2, 0.25) is 0 Å². The number of rotatable bonds is 1. The normalized spacial score (nSPS) is 12.2. The molecule has 3 rings (SSSR count). The van der Waals surface area contributed by atoms with E-state index in [1.54, 1.807) is 0 Å². The molecular formula is C12H5F3N2O3. The molecule has 0 bridgehead atoms. The molecule has 0 saturated heterocycles. The Bertz CT molecular complexity index is 839.